The molecular formula is C22H19N3O2. The van der Waals surface area contributed by atoms with E-state index in [0.29, 0.717) is 11.3 Å². The summed E-state index contributed by atoms with van der Waals surface area (Å²) in [5, 5.41) is 7.21. The first-order valence-corrected chi connectivity index (χ1v) is 8.65. The van der Waals surface area contributed by atoms with Gasteiger partial charge in [0.15, 0.2) is 0 Å². The van der Waals surface area contributed by atoms with Crippen LogP contribution in [0.2, 0.25) is 0 Å². The molecule has 0 spiro atoms. The summed E-state index contributed by atoms with van der Waals surface area (Å²) < 4.78 is 5.39. The average molecular weight is 357 g/mol. The number of aryl methyl sites for hydroxylation is 1. The fraction of sp³-hybridized carbons (Fsp3) is 0.0909. The number of amides is 1. The van der Waals surface area contributed by atoms with Gasteiger partial charge in [0, 0.05) is 22.2 Å². The molecule has 0 atom stereocenters. The molecule has 0 saturated heterocycles. The number of nitrogens with zero attached hydrogens (tertiary/aromatic N) is 1. The Morgan fingerprint density at radius 2 is 1.78 bits per heavy atom. The summed E-state index contributed by atoms with van der Waals surface area (Å²) in [6.07, 6.45) is 1.67. The van der Waals surface area contributed by atoms with Crippen LogP contribution in [-0.2, 0) is 0 Å². The SMILES string of the molecule is COc1cc2ccccc2cc1C(=O)NN=Cc1c(C)[nH]c2ccccc12. The molecule has 27 heavy (non-hydrogen) atoms. The minimum Gasteiger partial charge on any atom is -0.496 e. The van der Waals surface area contributed by atoms with Gasteiger partial charge in [0.2, 0.25) is 0 Å². The Hall–Kier alpha value is -3.60. The maximum absolute atomic E-state index is 12.6. The minimum absolute atomic E-state index is 0.314. The van der Waals surface area contributed by atoms with Gasteiger partial charge in [-0.15, -0.1) is 0 Å². The third kappa shape index (κ3) is 3.15. The highest BCUT2D eigenvalue weighted by molar-refractivity contribution is 6.03. The zero-order chi connectivity index (χ0) is 18.8. The smallest absolute Gasteiger partial charge is 0.275 e. The van der Waals surface area contributed by atoms with Crippen molar-refractivity contribution in [2.75, 3.05) is 7.11 Å². The fourth-order valence-corrected chi connectivity index (χ4v) is 3.25. The van der Waals surface area contributed by atoms with Crippen molar-refractivity contribution < 1.29 is 9.53 Å². The Kier molecular flexibility index (Phi) is 4.34. The Balaban J connectivity index is 1.61. The van der Waals surface area contributed by atoms with Gasteiger partial charge in [-0.25, -0.2) is 5.43 Å². The largest absolute Gasteiger partial charge is 0.496 e. The lowest BCUT2D eigenvalue weighted by Gasteiger charge is -2.09. The van der Waals surface area contributed by atoms with Crippen molar-refractivity contribution in [3.05, 3.63) is 77.5 Å². The van der Waals surface area contributed by atoms with E-state index in [1.54, 1.807) is 13.3 Å². The van der Waals surface area contributed by atoms with Gasteiger partial charge in [-0.1, -0.05) is 42.5 Å². The summed E-state index contributed by atoms with van der Waals surface area (Å²) in [6, 6.07) is 19.5. The molecule has 5 nitrogen and oxygen atoms in total. The van der Waals surface area contributed by atoms with E-state index in [-0.39, 0.29) is 5.91 Å². The second-order valence-electron chi connectivity index (χ2n) is 6.31. The molecule has 0 saturated carbocycles. The van der Waals surface area contributed by atoms with Crippen LogP contribution in [0.25, 0.3) is 21.7 Å². The summed E-state index contributed by atoms with van der Waals surface area (Å²) in [5.41, 5.74) is 6.05. The van der Waals surface area contributed by atoms with E-state index in [1.807, 2.05) is 67.6 Å². The number of fused-ring (bicyclic) bond motifs is 2. The van der Waals surface area contributed by atoms with E-state index in [9.17, 15) is 4.79 Å². The van der Waals surface area contributed by atoms with Crippen LogP contribution in [0, 0.1) is 6.92 Å². The Morgan fingerprint density at radius 3 is 2.56 bits per heavy atom. The number of para-hydroxylation sites is 1. The highest BCUT2D eigenvalue weighted by Crippen LogP contribution is 2.26. The van der Waals surface area contributed by atoms with Gasteiger partial charge in [-0.3, -0.25) is 4.79 Å². The van der Waals surface area contributed by atoms with Gasteiger partial charge in [0.05, 0.1) is 18.9 Å². The molecule has 134 valence electrons. The lowest BCUT2D eigenvalue weighted by molar-refractivity contribution is 0.0952. The highest BCUT2D eigenvalue weighted by atomic mass is 16.5. The van der Waals surface area contributed by atoms with E-state index >= 15 is 0 Å². The second kappa shape index (κ2) is 6.96. The van der Waals surface area contributed by atoms with Crippen LogP contribution in [0.3, 0.4) is 0 Å². The number of hydrogen-bond donors (Lipinski definition) is 2. The van der Waals surface area contributed by atoms with Crippen LogP contribution in [0.4, 0.5) is 0 Å². The van der Waals surface area contributed by atoms with Crippen LogP contribution in [-0.4, -0.2) is 24.2 Å². The molecule has 1 amide bonds. The third-order valence-corrected chi connectivity index (χ3v) is 4.62. The third-order valence-electron chi connectivity index (χ3n) is 4.62. The molecule has 0 bridgehead atoms. The van der Waals surface area contributed by atoms with Gasteiger partial charge in [-0.05, 0) is 35.9 Å². The molecule has 0 radical (unpaired) electrons. The van der Waals surface area contributed by atoms with Gasteiger partial charge in [0.1, 0.15) is 5.75 Å². The molecule has 1 aromatic heterocycles. The zero-order valence-electron chi connectivity index (χ0n) is 15.1. The number of rotatable bonds is 4. The second-order valence-corrected chi connectivity index (χ2v) is 6.31. The molecule has 4 rings (SSSR count). The Labute approximate surface area is 156 Å². The van der Waals surface area contributed by atoms with Crippen LogP contribution >= 0.6 is 0 Å². The van der Waals surface area contributed by atoms with E-state index in [0.717, 1.165) is 32.9 Å². The van der Waals surface area contributed by atoms with Crippen molar-refractivity contribution in [1.82, 2.24) is 10.4 Å². The van der Waals surface area contributed by atoms with Crippen molar-refractivity contribution in [3.63, 3.8) is 0 Å². The van der Waals surface area contributed by atoms with Gasteiger partial charge in [-0.2, -0.15) is 5.10 Å². The molecule has 0 fully saturated rings. The lowest BCUT2D eigenvalue weighted by Crippen LogP contribution is -2.18. The first-order valence-electron chi connectivity index (χ1n) is 8.65. The van der Waals surface area contributed by atoms with Gasteiger partial charge >= 0.3 is 0 Å². The van der Waals surface area contributed by atoms with E-state index in [2.05, 4.69) is 15.5 Å². The standard InChI is InChI=1S/C22H19N3O2/c1-14-19(17-9-5-6-10-20(17)24-14)13-23-25-22(26)18-11-15-7-3-4-8-16(15)12-21(18)27-2/h3-13,24H,1-2H3,(H,25,26). The Morgan fingerprint density at radius 1 is 1.07 bits per heavy atom. The number of carbonyl (C=O) groups is 1. The van der Waals surface area contributed by atoms with Crippen LogP contribution in [0.5, 0.6) is 5.75 Å². The maximum atomic E-state index is 12.6. The molecule has 0 aliphatic heterocycles. The number of hydrazone groups is 1. The Bertz CT molecular complexity index is 1170. The number of benzene rings is 3. The first-order chi connectivity index (χ1) is 13.2. The molecule has 4 aromatic rings. The molecule has 0 aliphatic carbocycles. The number of hydrogen-bond acceptors (Lipinski definition) is 3. The van der Waals surface area contributed by atoms with E-state index < -0.39 is 0 Å². The normalized spacial score (nSPS) is 11.3. The molecular weight excluding hydrogens is 338 g/mol. The minimum atomic E-state index is -0.314. The maximum Gasteiger partial charge on any atom is 0.275 e. The molecule has 5 heteroatoms. The van der Waals surface area contributed by atoms with Crippen molar-refractivity contribution in [2.45, 2.75) is 6.92 Å². The first kappa shape index (κ1) is 16.8. The highest BCUT2D eigenvalue weighted by Gasteiger charge is 2.13. The lowest BCUT2D eigenvalue weighted by atomic mass is 10.1. The number of aromatic nitrogens is 1. The van der Waals surface area contributed by atoms with Crippen LogP contribution in [0.1, 0.15) is 21.6 Å². The van der Waals surface area contributed by atoms with Crippen LogP contribution in [0.15, 0.2) is 65.8 Å². The van der Waals surface area contributed by atoms with Crippen LogP contribution < -0.4 is 10.2 Å². The van der Waals surface area contributed by atoms with Gasteiger partial charge in [0.25, 0.3) is 5.91 Å². The van der Waals surface area contributed by atoms with E-state index in [1.165, 1.54) is 0 Å². The topological polar surface area (TPSA) is 66.5 Å². The number of nitrogens with one attached hydrogen (secondary N) is 2. The number of aromatic amines is 1. The quantitative estimate of drug-likeness (QED) is 0.420. The van der Waals surface area contributed by atoms with Crippen molar-refractivity contribution >= 4 is 33.8 Å². The molecule has 0 aliphatic rings. The predicted molar refractivity (Wildman–Crippen MR) is 109 cm³/mol. The predicted octanol–water partition coefficient (Wildman–Crippen LogP) is 4.40. The monoisotopic (exact) mass is 357 g/mol. The summed E-state index contributed by atoms with van der Waals surface area (Å²) in [5.74, 6) is 0.205. The van der Waals surface area contributed by atoms with E-state index in [4.69, 9.17) is 4.74 Å². The summed E-state index contributed by atoms with van der Waals surface area (Å²) in [7, 11) is 1.56. The molecule has 0 unspecified atom stereocenters. The fourth-order valence-electron chi connectivity index (χ4n) is 3.25. The molecule has 2 N–H and O–H groups in total. The summed E-state index contributed by atoms with van der Waals surface area (Å²) >= 11 is 0. The summed E-state index contributed by atoms with van der Waals surface area (Å²) in [6.45, 7) is 1.98. The number of methoxy groups -OCH3 is 1. The van der Waals surface area contributed by atoms with Crippen molar-refractivity contribution in [1.29, 1.82) is 0 Å². The molecule has 1 heterocycles. The van der Waals surface area contributed by atoms with Crippen molar-refractivity contribution in [2.24, 2.45) is 5.10 Å². The summed E-state index contributed by atoms with van der Waals surface area (Å²) in [4.78, 5) is 15.9. The van der Waals surface area contributed by atoms with Crippen molar-refractivity contribution in [3.8, 4) is 5.75 Å². The zero-order valence-corrected chi connectivity index (χ0v) is 15.1. The number of H-pyrrole nitrogens is 1. The van der Waals surface area contributed by atoms with Gasteiger partial charge < -0.3 is 9.72 Å². The molecule has 3 aromatic carbocycles. The number of ether oxygens (including phenoxy) is 1. The number of carbonyl (C=O) groups excluding carboxylic acids is 1. The average Bonchev–Trinajstić information content (AvgIpc) is 3.02.